The maximum atomic E-state index is 12.0. The highest BCUT2D eigenvalue weighted by Gasteiger charge is 2.38. The summed E-state index contributed by atoms with van der Waals surface area (Å²) in [6.45, 7) is 2.45. The van der Waals surface area contributed by atoms with Crippen molar-refractivity contribution in [2.24, 2.45) is 5.41 Å². The molecule has 0 aliphatic carbocycles. The van der Waals surface area contributed by atoms with Crippen LogP contribution in [0.2, 0.25) is 0 Å². The number of carboxylic acids is 1. The summed E-state index contributed by atoms with van der Waals surface area (Å²) in [5.74, 6) is -0.714. The Hall–Kier alpha value is -1.31. The second kappa shape index (κ2) is 5.23. The fourth-order valence-electron chi connectivity index (χ4n) is 2.59. The van der Waals surface area contributed by atoms with Crippen LogP contribution in [0.15, 0.2) is 0 Å². The van der Waals surface area contributed by atoms with Crippen LogP contribution >= 0.6 is 0 Å². The second-order valence-corrected chi connectivity index (χ2v) is 8.13. The number of urea groups is 1. The SMILES string of the molecule is CC1(C(=O)O)CCN(C(=O)NC2CCS(=O)(=O)C2)CC1. The molecule has 20 heavy (non-hydrogen) atoms. The number of nitrogens with one attached hydrogen (secondary N) is 1. The zero-order valence-corrected chi connectivity index (χ0v) is 12.3. The van der Waals surface area contributed by atoms with Crippen molar-refractivity contribution in [3.63, 3.8) is 0 Å². The van der Waals surface area contributed by atoms with Crippen LogP contribution in [0.5, 0.6) is 0 Å². The topological polar surface area (TPSA) is 104 Å². The van der Waals surface area contributed by atoms with Gasteiger partial charge in [0.05, 0.1) is 16.9 Å². The number of piperidine rings is 1. The van der Waals surface area contributed by atoms with Crippen molar-refractivity contribution in [2.75, 3.05) is 24.6 Å². The molecular weight excluding hydrogens is 284 g/mol. The van der Waals surface area contributed by atoms with E-state index in [0.717, 1.165) is 0 Å². The van der Waals surface area contributed by atoms with Gasteiger partial charge in [-0.2, -0.15) is 0 Å². The van der Waals surface area contributed by atoms with E-state index in [0.29, 0.717) is 32.4 Å². The average Bonchev–Trinajstić information content (AvgIpc) is 2.69. The number of carbonyl (C=O) groups is 2. The van der Waals surface area contributed by atoms with Crippen LogP contribution in [-0.4, -0.2) is 61.1 Å². The molecule has 0 spiro atoms. The van der Waals surface area contributed by atoms with E-state index in [9.17, 15) is 18.0 Å². The van der Waals surface area contributed by atoms with Gasteiger partial charge in [-0.1, -0.05) is 0 Å². The van der Waals surface area contributed by atoms with E-state index in [1.165, 1.54) is 0 Å². The Labute approximate surface area is 118 Å². The first kappa shape index (κ1) is 15.1. The van der Waals surface area contributed by atoms with Gasteiger partial charge in [0.1, 0.15) is 0 Å². The minimum Gasteiger partial charge on any atom is -0.481 e. The summed E-state index contributed by atoms with van der Waals surface area (Å²) in [5.41, 5.74) is -0.770. The average molecular weight is 304 g/mol. The third-order valence-corrected chi connectivity index (χ3v) is 6.00. The van der Waals surface area contributed by atoms with E-state index < -0.39 is 21.2 Å². The largest absolute Gasteiger partial charge is 0.481 e. The fraction of sp³-hybridized carbons (Fsp3) is 0.833. The van der Waals surface area contributed by atoms with Crippen LogP contribution < -0.4 is 5.32 Å². The number of hydrogen-bond donors (Lipinski definition) is 2. The highest BCUT2D eigenvalue weighted by molar-refractivity contribution is 7.91. The Morgan fingerprint density at radius 2 is 1.90 bits per heavy atom. The van der Waals surface area contributed by atoms with Gasteiger partial charge in [0.2, 0.25) is 0 Å². The number of sulfone groups is 1. The third-order valence-electron chi connectivity index (χ3n) is 4.23. The Morgan fingerprint density at radius 3 is 2.35 bits per heavy atom. The van der Waals surface area contributed by atoms with Crippen LogP contribution in [0, 0.1) is 5.41 Å². The molecule has 2 aliphatic heterocycles. The van der Waals surface area contributed by atoms with Crippen molar-refractivity contribution >= 4 is 21.8 Å². The zero-order chi connectivity index (χ0) is 15.0. The summed E-state index contributed by atoms with van der Waals surface area (Å²) in [5, 5.41) is 11.8. The summed E-state index contributed by atoms with van der Waals surface area (Å²) >= 11 is 0. The minimum absolute atomic E-state index is 0.000574. The van der Waals surface area contributed by atoms with E-state index in [2.05, 4.69) is 5.32 Å². The molecule has 2 N–H and O–H groups in total. The van der Waals surface area contributed by atoms with Gasteiger partial charge in [-0.05, 0) is 26.2 Å². The van der Waals surface area contributed by atoms with Crippen molar-refractivity contribution in [1.29, 1.82) is 0 Å². The molecule has 2 heterocycles. The molecule has 2 fully saturated rings. The van der Waals surface area contributed by atoms with Crippen molar-refractivity contribution in [3.05, 3.63) is 0 Å². The number of carboxylic acid groups (broad SMARTS) is 1. The molecule has 2 amide bonds. The van der Waals surface area contributed by atoms with Crippen molar-refractivity contribution < 1.29 is 23.1 Å². The lowest BCUT2D eigenvalue weighted by Gasteiger charge is -2.36. The predicted molar refractivity (Wildman–Crippen MR) is 72.1 cm³/mol. The van der Waals surface area contributed by atoms with Gasteiger partial charge in [-0.25, -0.2) is 13.2 Å². The van der Waals surface area contributed by atoms with Crippen LogP contribution in [0.3, 0.4) is 0 Å². The number of aliphatic carboxylic acids is 1. The molecule has 1 atom stereocenters. The van der Waals surface area contributed by atoms with Crippen LogP contribution in [0.25, 0.3) is 0 Å². The highest BCUT2D eigenvalue weighted by Crippen LogP contribution is 2.31. The van der Waals surface area contributed by atoms with Crippen LogP contribution in [0.1, 0.15) is 26.2 Å². The minimum atomic E-state index is -3.01. The smallest absolute Gasteiger partial charge is 0.317 e. The predicted octanol–water partition coefficient (Wildman–Crippen LogP) is 0.0698. The molecule has 0 aromatic heterocycles. The molecule has 0 aromatic carbocycles. The van der Waals surface area contributed by atoms with Gasteiger partial charge in [0, 0.05) is 19.1 Å². The van der Waals surface area contributed by atoms with Gasteiger partial charge in [-0.3, -0.25) is 4.79 Å². The Balaban J connectivity index is 1.85. The number of hydrogen-bond acceptors (Lipinski definition) is 4. The summed E-state index contributed by atoms with van der Waals surface area (Å²) in [4.78, 5) is 24.7. The number of rotatable bonds is 2. The lowest BCUT2D eigenvalue weighted by Crippen LogP contribution is -2.51. The van der Waals surface area contributed by atoms with E-state index >= 15 is 0 Å². The van der Waals surface area contributed by atoms with E-state index in [1.807, 2.05) is 0 Å². The number of carbonyl (C=O) groups excluding carboxylic acids is 1. The summed E-state index contributed by atoms with van der Waals surface area (Å²) in [7, 11) is -3.01. The summed E-state index contributed by atoms with van der Waals surface area (Å²) in [6, 6.07) is -0.611. The second-order valence-electron chi connectivity index (χ2n) is 5.90. The summed E-state index contributed by atoms with van der Waals surface area (Å²) < 4.78 is 22.7. The monoisotopic (exact) mass is 304 g/mol. The molecule has 1 unspecified atom stereocenters. The molecule has 8 heteroatoms. The first-order chi connectivity index (χ1) is 9.22. The Bertz CT molecular complexity index is 508. The van der Waals surface area contributed by atoms with Crippen molar-refractivity contribution in [3.8, 4) is 0 Å². The third kappa shape index (κ3) is 3.23. The first-order valence-electron chi connectivity index (χ1n) is 6.71. The molecule has 0 aromatic rings. The molecule has 2 saturated heterocycles. The molecule has 2 aliphatic rings. The number of nitrogens with zero attached hydrogens (tertiary/aromatic N) is 1. The van der Waals surface area contributed by atoms with E-state index in [1.54, 1.807) is 11.8 Å². The quantitative estimate of drug-likeness (QED) is 0.751. The van der Waals surface area contributed by atoms with E-state index in [-0.39, 0.29) is 23.6 Å². The van der Waals surface area contributed by atoms with E-state index in [4.69, 9.17) is 5.11 Å². The lowest BCUT2D eigenvalue weighted by atomic mass is 9.80. The molecule has 0 saturated carbocycles. The molecule has 0 bridgehead atoms. The highest BCUT2D eigenvalue weighted by atomic mass is 32.2. The number of likely N-dealkylation sites (tertiary alicyclic amines) is 1. The Morgan fingerprint density at radius 1 is 1.30 bits per heavy atom. The lowest BCUT2D eigenvalue weighted by molar-refractivity contribution is -0.150. The molecule has 2 rings (SSSR count). The maximum Gasteiger partial charge on any atom is 0.317 e. The van der Waals surface area contributed by atoms with Gasteiger partial charge in [-0.15, -0.1) is 0 Å². The summed E-state index contributed by atoms with van der Waals surface area (Å²) in [6.07, 6.45) is 1.28. The van der Waals surface area contributed by atoms with Crippen molar-refractivity contribution in [1.82, 2.24) is 10.2 Å². The standard InChI is InChI=1S/C12H20N2O5S/c1-12(10(15)16)3-5-14(6-4-12)11(17)13-9-2-7-20(18,19)8-9/h9H,2-8H2,1H3,(H,13,17)(H,15,16). The van der Waals surface area contributed by atoms with Crippen molar-refractivity contribution in [2.45, 2.75) is 32.2 Å². The molecule has 7 nitrogen and oxygen atoms in total. The van der Waals surface area contributed by atoms with Crippen LogP contribution in [-0.2, 0) is 14.6 Å². The molecule has 114 valence electrons. The van der Waals surface area contributed by atoms with Crippen LogP contribution in [0.4, 0.5) is 4.79 Å². The first-order valence-corrected chi connectivity index (χ1v) is 8.53. The zero-order valence-electron chi connectivity index (χ0n) is 11.5. The molecular formula is C12H20N2O5S. The fourth-order valence-corrected chi connectivity index (χ4v) is 4.27. The number of amides is 2. The van der Waals surface area contributed by atoms with Gasteiger partial charge in [0.25, 0.3) is 0 Å². The Kier molecular flexibility index (Phi) is 3.95. The maximum absolute atomic E-state index is 12.0. The van der Waals surface area contributed by atoms with Gasteiger partial charge >= 0.3 is 12.0 Å². The molecule has 0 radical (unpaired) electrons. The normalized spacial score (nSPS) is 28.1. The van der Waals surface area contributed by atoms with Gasteiger partial charge < -0.3 is 15.3 Å². The van der Waals surface area contributed by atoms with Gasteiger partial charge in [0.15, 0.2) is 9.84 Å².